The maximum atomic E-state index is 6.40. The molecule has 0 aromatic carbocycles. The molecule has 1 unspecified atom stereocenters. The molecule has 0 amide bonds. The van der Waals surface area contributed by atoms with E-state index in [2.05, 4.69) is 39.2 Å². The van der Waals surface area contributed by atoms with Crippen LogP contribution in [0.25, 0.3) is 0 Å². The van der Waals surface area contributed by atoms with Crippen molar-refractivity contribution < 1.29 is 0 Å². The topological polar surface area (TPSA) is 3.24 Å². The van der Waals surface area contributed by atoms with Crippen molar-refractivity contribution in [1.82, 2.24) is 4.57 Å². The number of rotatable bonds is 4. The van der Waals surface area contributed by atoms with Crippen LogP contribution in [0.1, 0.15) is 34.6 Å². The molecule has 0 aliphatic heterocycles. The first-order valence-corrected chi connectivity index (χ1v) is 7.86. The summed E-state index contributed by atoms with van der Waals surface area (Å²) >= 11 is 6.40. The van der Waals surface area contributed by atoms with Crippen LogP contribution in [0, 0.1) is 5.41 Å². The molecule has 0 bridgehead atoms. The Labute approximate surface area is 83.5 Å². The highest BCUT2D eigenvalue weighted by atomic mass is 35.6. The van der Waals surface area contributed by atoms with Crippen LogP contribution in [-0.2, 0) is 0 Å². The molecule has 0 aliphatic carbocycles. The van der Waals surface area contributed by atoms with Gasteiger partial charge in [-0.05, 0) is 24.5 Å². The Morgan fingerprint density at radius 1 is 1.17 bits per heavy atom. The Hall–Kier alpha value is 0.467. The van der Waals surface area contributed by atoms with Gasteiger partial charge in [0.1, 0.15) is 0 Å². The van der Waals surface area contributed by atoms with E-state index in [-0.39, 0.29) is 0 Å². The molecule has 0 rings (SSSR count). The van der Waals surface area contributed by atoms with E-state index in [0.717, 1.165) is 13.1 Å². The van der Waals surface area contributed by atoms with Crippen LogP contribution >= 0.6 is 11.1 Å². The predicted molar refractivity (Wildman–Crippen MR) is 60.2 cm³/mol. The minimum absolute atomic E-state index is 0.390. The lowest BCUT2D eigenvalue weighted by Gasteiger charge is -2.28. The number of nitrogens with zero attached hydrogens (tertiary/aromatic N) is 1. The SMILES string of the molecule is CCN(CC)[SiH](Cl)CC(C)(C)C. The van der Waals surface area contributed by atoms with Crippen molar-refractivity contribution in [2.45, 2.75) is 40.7 Å². The van der Waals surface area contributed by atoms with Crippen LogP contribution in [0.3, 0.4) is 0 Å². The van der Waals surface area contributed by atoms with Gasteiger partial charge in [-0.3, -0.25) is 0 Å². The third kappa shape index (κ3) is 5.17. The molecule has 1 nitrogen and oxygen atoms in total. The molecule has 0 aromatic heterocycles. The van der Waals surface area contributed by atoms with Gasteiger partial charge in [0.2, 0.25) is 8.27 Å². The summed E-state index contributed by atoms with van der Waals surface area (Å²) in [5, 5.41) is 0. The highest BCUT2D eigenvalue weighted by Gasteiger charge is 2.22. The van der Waals surface area contributed by atoms with Crippen LogP contribution in [-0.4, -0.2) is 25.9 Å². The second-order valence-corrected chi connectivity index (χ2v) is 7.94. The third-order valence-corrected chi connectivity index (χ3v) is 6.36. The minimum atomic E-state index is -1.14. The van der Waals surface area contributed by atoms with Crippen LogP contribution in [0.15, 0.2) is 0 Å². The third-order valence-electron chi connectivity index (χ3n) is 1.99. The molecular weight excluding hydrogens is 186 g/mol. The van der Waals surface area contributed by atoms with E-state index in [1.54, 1.807) is 0 Å². The van der Waals surface area contributed by atoms with E-state index in [9.17, 15) is 0 Å². The predicted octanol–water partition coefficient (Wildman–Crippen LogP) is 2.83. The molecule has 0 saturated carbocycles. The molecule has 12 heavy (non-hydrogen) atoms. The maximum absolute atomic E-state index is 6.40. The minimum Gasteiger partial charge on any atom is -0.315 e. The fraction of sp³-hybridized carbons (Fsp3) is 1.00. The van der Waals surface area contributed by atoms with Gasteiger partial charge in [-0.25, -0.2) is 0 Å². The van der Waals surface area contributed by atoms with Crippen molar-refractivity contribution in [3.8, 4) is 0 Å². The summed E-state index contributed by atoms with van der Waals surface area (Å²) in [5.74, 6) is 0. The molecule has 0 radical (unpaired) electrons. The summed E-state index contributed by atoms with van der Waals surface area (Å²) in [6.45, 7) is 13.4. The van der Waals surface area contributed by atoms with Crippen molar-refractivity contribution in [2.75, 3.05) is 13.1 Å². The summed E-state index contributed by atoms with van der Waals surface area (Å²) in [7, 11) is -1.14. The molecule has 0 heterocycles. The molecule has 0 aromatic rings. The average molecular weight is 208 g/mol. The number of halogens is 1. The Bertz CT molecular complexity index is 118. The Balaban J connectivity index is 3.92. The van der Waals surface area contributed by atoms with Gasteiger partial charge in [0.05, 0.1) is 0 Å². The average Bonchev–Trinajstić information content (AvgIpc) is 1.85. The first-order valence-electron chi connectivity index (χ1n) is 4.78. The lowest BCUT2D eigenvalue weighted by molar-refractivity contribution is 0.429. The largest absolute Gasteiger partial charge is 0.315 e. The summed E-state index contributed by atoms with van der Waals surface area (Å²) in [6.07, 6.45) is 0. The first kappa shape index (κ1) is 12.5. The van der Waals surface area contributed by atoms with E-state index < -0.39 is 8.27 Å². The molecular formula is C9H22ClNSi. The van der Waals surface area contributed by atoms with Crippen molar-refractivity contribution >= 4 is 19.3 Å². The normalized spacial score (nSPS) is 15.2. The monoisotopic (exact) mass is 207 g/mol. The first-order chi connectivity index (χ1) is 5.40. The molecule has 1 atom stereocenters. The molecule has 3 heteroatoms. The van der Waals surface area contributed by atoms with Crippen LogP contribution in [0.5, 0.6) is 0 Å². The van der Waals surface area contributed by atoms with Crippen molar-refractivity contribution in [3.63, 3.8) is 0 Å². The summed E-state index contributed by atoms with van der Waals surface area (Å²) < 4.78 is 2.42. The van der Waals surface area contributed by atoms with Gasteiger partial charge in [0.15, 0.2) is 0 Å². The second-order valence-electron chi connectivity index (χ2n) is 4.42. The van der Waals surface area contributed by atoms with E-state index in [1.807, 2.05) is 0 Å². The lowest BCUT2D eigenvalue weighted by atomic mass is 10.0. The molecule has 0 fully saturated rings. The number of hydrogen-bond acceptors (Lipinski definition) is 1. The van der Waals surface area contributed by atoms with E-state index in [0.29, 0.717) is 5.41 Å². The quantitative estimate of drug-likeness (QED) is 0.506. The molecule has 0 aliphatic rings. The van der Waals surface area contributed by atoms with E-state index in [1.165, 1.54) is 6.04 Å². The molecule has 0 saturated heterocycles. The molecule has 74 valence electrons. The molecule has 0 N–H and O–H groups in total. The van der Waals surface area contributed by atoms with Gasteiger partial charge >= 0.3 is 0 Å². The van der Waals surface area contributed by atoms with Gasteiger partial charge in [-0.1, -0.05) is 34.6 Å². The molecule has 0 spiro atoms. The highest BCUT2D eigenvalue weighted by molar-refractivity contribution is 7.05. The zero-order chi connectivity index (χ0) is 9.78. The fourth-order valence-corrected chi connectivity index (χ4v) is 5.53. The Morgan fingerprint density at radius 2 is 1.58 bits per heavy atom. The standard InChI is InChI=1S/C9H22ClNSi/c1-6-11(7-2)12(10)8-9(3,4)5/h12H,6-8H2,1-5H3. The Kier molecular flexibility index (Phi) is 5.46. The fourth-order valence-electron chi connectivity index (χ4n) is 1.25. The maximum Gasteiger partial charge on any atom is 0.214 e. The van der Waals surface area contributed by atoms with E-state index in [4.69, 9.17) is 11.1 Å². The van der Waals surface area contributed by atoms with Crippen LogP contribution < -0.4 is 0 Å². The van der Waals surface area contributed by atoms with Gasteiger partial charge in [-0.2, -0.15) is 11.1 Å². The van der Waals surface area contributed by atoms with Crippen LogP contribution in [0.2, 0.25) is 6.04 Å². The zero-order valence-corrected chi connectivity index (χ0v) is 10.9. The lowest BCUT2D eigenvalue weighted by Crippen LogP contribution is -2.37. The van der Waals surface area contributed by atoms with Gasteiger partial charge < -0.3 is 4.57 Å². The summed E-state index contributed by atoms with van der Waals surface area (Å²) in [6, 6.07) is 1.19. The van der Waals surface area contributed by atoms with Gasteiger partial charge in [0, 0.05) is 0 Å². The van der Waals surface area contributed by atoms with Gasteiger partial charge in [-0.15, -0.1) is 0 Å². The van der Waals surface area contributed by atoms with Crippen molar-refractivity contribution in [2.24, 2.45) is 5.41 Å². The number of hydrogen-bond donors (Lipinski definition) is 0. The van der Waals surface area contributed by atoms with Gasteiger partial charge in [0.25, 0.3) is 0 Å². The summed E-state index contributed by atoms with van der Waals surface area (Å²) in [5.41, 5.74) is 0.390. The van der Waals surface area contributed by atoms with Crippen molar-refractivity contribution in [1.29, 1.82) is 0 Å². The van der Waals surface area contributed by atoms with Crippen LogP contribution in [0.4, 0.5) is 0 Å². The summed E-state index contributed by atoms with van der Waals surface area (Å²) in [4.78, 5) is 0. The second kappa shape index (κ2) is 5.25. The van der Waals surface area contributed by atoms with E-state index >= 15 is 0 Å². The Morgan fingerprint density at radius 3 is 1.83 bits per heavy atom. The smallest absolute Gasteiger partial charge is 0.214 e. The van der Waals surface area contributed by atoms with Crippen molar-refractivity contribution in [3.05, 3.63) is 0 Å². The zero-order valence-electron chi connectivity index (χ0n) is 9.02. The highest BCUT2D eigenvalue weighted by Crippen LogP contribution is 2.24.